The van der Waals surface area contributed by atoms with Crippen molar-refractivity contribution in [2.45, 2.75) is 52.2 Å². The molecule has 0 unspecified atom stereocenters. The van der Waals surface area contributed by atoms with Crippen LogP contribution in [0.3, 0.4) is 0 Å². The van der Waals surface area contributed by atoms with Gasteiger partial charge < -0.3 is 14.5 Å². The lowest BCUT2D eigenvalue weighted by atomic mass is 9.78. The van der Waals surface area contributed by atoms with Crippen LogP contribution in [-0.4, -0.2) is 47.0 Å². The maximum absolute atomic E-state index is 12.5. The molecule has 6 heteroatoms. The van der Waals surface area contributed by atoms with Crippen molar-refractivity contribution < 1.29 is 14.3 Å². The molecule has 142 valence electrons. The number of carbonyl (C=O) groups is 2. The standard InChI is InChI=1S/C20H27BrN2O3/c1-19(2,3)26-18(25)22-10-8-20(9-11-22)12-17(24)23(14-20)13-15-4-6-16(21)7-5-15/h4-7H,8-14H2,1-3H3. The summed E-state index contributed by atoms with van der Waals surface area (Å²) >= 11 is 3.44. The molecule has 5 nitrogen and oxygen atoms in total. The summed E-state index contributed by atoms with van der Waals surface area (Å²) in [7, 11) is 0. The minimum absolute atomic E-state index is 0.00492. The van der Waals surface area contributed by atoms with Gasteiger partial charge in [0.05, 0.1) is 0 Å². The molecule has 2 fully saturated rings. The Hall–Kier alpha value is -1.56. The fourth-order valence-electron chi connectivity index (χ4n) is 3.76. The van der Waals surface area contributed by atoms with Crippen molar-refractivity contribution in [1.82, 2.24) is 9.80 Å². The highest BCUT2D eigenvalue weighted by atomic mass is 79.9. The van der Waals surface area contributed by atoms with Crippen LogP contribution < -0.4 is 0 Å². The zero-order valence-electron chi connectivity index (χ0n) is 15.8. The van der Waals surface area contributed by atoms with Crippen LogP contribution in [0.1, 0.15) is 45.6 Å². The average molecular weight is 423 g/mol. The van der Waals surface area contributed by atoms with Gasteiger partial charge in [-0.25, -0.2) is 4.79 Å². The van der Waals surface area contributed by atoms with Crippen LogP contribution in [0.15, 0.2) is 28.7 Å². The van der Waals surface area contributed by atoms with Gasteiger partial charge >= 0.3 is 6.09 Å². The number of hydrogen-bond donors (Lipinski definition) is 0. The van der Waals surface area contributed by atoms with Gasteiger partial charge in [-0.05, 0) is 51.3 Å². The number of rotatable bonds is 2. The molecule has 0 radical (unpaired) electrons. The Morgan fingerprint density at radius 1 is 1.19 bits per heavy atom. The monoisotopic (exact) mass is 422 g/mol. The van der Waals surface area contributed by atoms with Gasteiger partial charge in [0.1, 0.15) is 5.60 Å². The number of likely N-dealkylation sites (tertiary alicyclic amines) is 2. The van der Waals surface area contributed by atoms with Gasteiger partial charge in [0, 0.05) is 42.5 Å². The van der Waals surface area contributed by atoms with Crippen LogP contribution in [-0.2, 0) is 16.1 Å². The maximum atomic E-state index is 12.5. The summed E-state index contributed by atoms with van der Waals surface area (Å²) in [4.78, 5) is 28.5. The second-order valence-corrected chi connectivity index (χ2v) is 9.44. The number of halogens is 1. The van der Waals surface area contributed by atoms with Crippen LogP contribution in [0.2, 0.25) is 0 Å². The van der Waals surface area contributed by atoms with Crippen molar-refractivity contribution in [2.75, 3.05) is 19.6 Å². The van der Waals surface area contributed by atoms with E-state index in [1.54, 1.807) is 4.90 Å². The lowest BCUT2D eigenvalue weighted by Gasteiger charge is -2.39. The SMILES string of the molecule is CC(C)(C)OC(=O)N1CCC2(CC1)CC(=O)N(Cc1ccc(Br)cc1)C2. The topological polar surface area (TPSA) is 49.9 Å². The first-order valence-electron chi connectivity index (χ1n) is 9.16. The Morgan fingerprint density at radius 3 is 2.38 bits per heavy atom. The average Bonchev–Trinajstić information content (AvgIpc) is 2.84. The highest BCUT2D eigenvalue weighted by Crippen LogP contribution is 2.41. The summed E-state index contributed by atoms with van der Waals surface area (Å²) in [6.07, 6.45) is 2.05. The number of nitrogens with zero attached hydrogens (tertiary/aromatic N) is 2. The number of piperidine rings is 1. The van der Waals surface area contributed by atoms with E-state index < -0.39 is 5.60 Å². The summed E-state index contributed by atoms with van der Waals surface area (Å²) in [5.41, 5.74) is 0.673. The van der Waals surface area contributed by atoms with Crippen molar-refractivity contribution in [3.8, 4) is 0 Å². The van der Waals surface area contributed by atoms with Crippen LogP contribution in [0.25, 0.3) is 0 Å². The van der Waals surface area contributed by atoms with Crippen LogP contribution in [0.4, 0.5) is 4.79 Å². The van der Waals surface area contributed by atoms with E-state index in [4.69, 9.17) is 4.74 Å². The number of ether oxygens (including phenoxy) is 1. The molecule has 2 saturated heterocycles. The van der Waals surface area contributed by atoms with E-state index in [9.17, 15) is 9.59 Å². The zero-order valence-corrected chi connectivity index (χ0v) is 17.3. The second-order valence-electron chi connectivity index (χ2n) is 8.52. The third kappa shape index (κ3) is 4.58. The van der Waals surface area contributed by atoms with E-state index >= 15 is 0 Å². The molecule has 1 aromatic rings. The predicted octanol–water partition coefficient (Wildman–Crippen LogP) is 4.20. The minimum Gasteiger partial charge on any atom is -0.444 e. The Balaban J connectivity index is 1.57. The first-order valence-corrected chi connectivity index (χ1v) is 9.95. The van der Waals surface area contributed by atoms with Crippen molar-refractivity contribution >= 4 is 27.9 Å². The number of benzene rings is 1. The third-order valence-electron chi connectivity index (χ3n) is 5.17. The smallest absolute Gasteiger partial charge is 0.410 e. The van der Waals surface area contributed by atoms with E-state index in [-0.39, 0.29) is 17.4 Å². The Morgan fingerprint density at radius 2 is 1.81 bits per heavy atom. The fourth-order valence-corrected chi connectivity index (χ4v) is 4.03. The summed E-state index contributed by atoms with van der Waals surface area (Å²) < 4.78 is 6.51. The number of hydrogen-bond acceptors (Lipinski definition) is 3. The molecule has 0 aliphatic carbocycles. The number of amides is 2. The minimum atomic E-state index is -0.475. The van der Waals surface area contributed by atoms with E-state index in [1.807, 2.05) is 49.9 Å². The Bertz CT molecular complexity index is 673. The lowest BCUT2D eigenvalue weighted by Crippen LogP contribution is -2.46. The van der Waals surface area contributed by atoms with Crippen LogP contribution >= 0.6 is 15.9 Å². The van der Waals surface area contributed by atoms with Crippen molar-refractivity contribution in [1.29, 1.82) is 0 Å². The Labute approximate surface area is 163 Å². The van der Waals surface area contributed by atoms with Gasteiger partial charge in [0.2, 0.25) is 5.91 Å². The van der Waals surface area contributed by atoms with E-state index in [0.717, 1.165) is 29.4 Å². The van der Waals surface area contributed by atoms with Gasteiger partial charge in [0.15, 0.2) is 0 Å². The molecule has 2 aliphatic rings. The molecule has 2 heterocycles. The first-order chi connectivity index (χ1) is 12.2. The van der Waals surface area contributed by atoms with E-state index in [1.165, 1.54) is 0 Å². The zero-order chi connectivity index (χ0) is 18.9. The quantitative estimate of drug-likeness (QED) is 0.717. The maximum Gasteiger partial charge on any atom is 0.410 e. The van der Waals surface area contributed by atoms with Crippen molar-refractivity contribution in [3.63, 3.8) is 0 Å². The van der Waals surface area contributed by atoms with Crippen LogP contribution in [0, 0.1) is 5.41 Å². The predicted molar refractivity (Wildman–Crippen MR) is 104 cm³/mol. The molecule has 2 aliphatic heterocycles. The summed E-state index contributed by atoms with van der Waals surface area (Å²) in [6, 6.07) is 8.11. The highest BCUT2D eigenvalue weighted by Gasteiger charge is 2.45. The van der Waals surface area contributed by atoms with E-state index in [0.29, 0.717) is 26.1 Å². The highest BCUT2D eigenvalue weighted by molar-refractivity contribution is 9.10. The molecular formula is C20H27BrN2O3. The molecule has 0 aromatic heterocycles. The largest absolute Gasteiger partial charge is 0.444 e. The van der Waals surface area contributed by atoms with Gasteiger partial charge in [-0.1, -0.05) is 28.1 Å². The van der Waals surface area contributed by atoms with Gasteiger partial charge in [-0.15, -0.1) is 0 Å². The summed E-state index contributed by atoms with van der Waals surface area (Å²) in [5.74, 6) is 0.221. The van der Waals surface area contributed by atoms with Crippen molar-refractivity contribution in [3.05, 3.63) is 34.3 Å². The molecule has 0 N–H and O–H groups in total. The lowest BCUT2D eigenvalue weighted by molar-refractivity contribution is -0.128. The second kappa shape index (κ2) is 7.22. The molecule has 26 heavy (non-hydrogen) atoms. The van der Waals surface area contributed by atoms with E-state index in [2.05, 4.69) is 15.9 Å². The molecular weight excluding hydrogens is 396 g/mol. The molecule has 1 aromatic carbocycles. The molecule has 0 saturated carbocycles. The molecule has 0 atom stereocenters. The Kier molecular flexibility index (Phi) is 5.33. The molecule has 0 bridgehead atoms. The third-order valence-corrected chi connectivity index (χ3v) is 5.70. The summed E-state index contributed by atoms with van der Waals surface area (Å²) in [5, 5.41) is 0. The molecule has 1 spiro atoms. The van der Waals surface area contributed by atoms with Gasteiger partial charge in [-0.3, -0.25) is 4.79 Å². The molecule has 2 amide bonds. The first kappa shape index (κ1) is 19.2. The normalized spacial score (nSPS) is 19.9. The summed E-state index contributed by atoms with van der Waals surface area (Å²) in [6.45, 7) is 8.40. The fraction of sp³-hybridized carbons (Fsp3) is 0.600. The molecule has 3 rings (SSSR count). The van der Waals surface area contributed by atoms with Gasteiger partial charge in [-0.2, -0.15) is 0 Å². The van der Waals surface area contributed by atoms with Crippen LogP contribution in [0.5, 0.6) is 0 Å². The number of carbonyl (C=O) groups excluding carboxylic acids is 2. The van der Waals surface area contributed by atoms with Crippen molar-refractivity contribution in [2.24, 2.45) is 5.41 Å². The van der Waals surface area contributed by atoms with Gasteiger partial charge in [0.25, 0.3) is 0 Å².